The van der Waals surface area contributed by atoms with E-state index in [9.17, 15) is 0 Å². The molecule has 0 bridgehead atoms. The van der Waals surface area contributed by atoms with Gasteiger partial charge in [0.15, 0.2) is 0 Å². The summed E-state index contributed by atoms with van der Waals surface area (Å²) in [6.07, 6.45) is 6.50. The molecule has 1 N–H and O–H groups in total. The molecule has 0 aromatic carbocycles. The summed E-state index contributed by atoms with van der Waals surface area (Å²) in [4.78, 5) is 2.62. The minimum Gasteiger partial charge on any atom is -0.312 e. The summed E-state index contributed by atoms with van der Waals surface area (Å²) >= 11 is 0. The molecule has 1 aliphatic rings. The Bertz CT molecular complexity index is 237. The third-order valence-corrected chi connectivity index (χ3v) is 4.82. The van der Waals surface area contributed by atoms with Crippen LogP contribution in [0.5, 0.6) is 0 Å². The first-order valence-electron chi connectivity index (χ1n) is 7.86. The fourth-order valence-electron chi connectivity index (χ4n) is 3.16. The standard InChI is InChI=1S/C16H34N2/c1-7-11-17-14-9-10-16(4,5)12-15(14)18(6)13(3)8-2/h13-15,17H,7-12H2,1-6H3. The van der Waals surface area contributed by atoms with E-state index < -0.39 is 0 Å². The number of nitrogens with zero attached hydrogens (tertiary/aromatic N) is 1. The Hall–Kier alpha value is -0.0800. The Morgan fingerprint density at radius 3 is 2.56 bits per heavy atom. The molecule has 0 amide bonds. The maximum absolute atomic E-state index is 3.78. The largest absolute Gasteiger partial charge is 0.312 e. The van der Waals surface area contributed by atoms with E-state index in [2.05, 4.69) is 51.9 Å². The zero-order chi connectivity index (χ0) is 13.8. The van der Waals surface area contributed by atoms with Crippen LogP contribution >= 0.6 is 0 Å². The van der Waals surface area contributed by atoms with Crippen molar-refractivity contribution in [1.82, 2.24) is 10.2 Å². The van der Waals surface area contributed by atoms with Crippen molar-refractivity contribution in [3.05, 3.63) is 0 Å². The lowest BCUT2D eigenvalue weighted by molar-refractivity contribution is 0.0584. The lowest BCUT2D eigenvalue weighted by Crippen LogP contribution is -2.55. The first-order chi connectivity index (χ1) is 8.41. The van der Waals surface area contributed by atoms with Crippen molar-refractivity contribution in [2.24, 2.45) is 5.41 Å². The van der Waals surface area contributed by atoms with Gasteiger partial charge >= 0.3 is 0 Å². The second-order valence-corrected chi connectivity index (χ2v) is 6.96. The Morgan fingerprint density at radius 1 is 1.33 bits per heavy atom. The first kappa shape index (κ1) is 16.0. The predicted octanol–water partition coefficient (Wildman–Crippen LogP) is 3.66. The average Bonchev–Trinajstić information content (AvgIpc) is 2.34. The average molecular weight is 254 g/mol. The summed E-state index contributed by atoms with van der Waals surface area (Å²) in [5.41, 5.74) is 0.511. The van der Waals surface area contributed by atoms with Gasteiger partial charge in [0.25, 0.3) is 0 Å². The predicted molar refractivity (Wildman–Crippen MR) is 81.0 cm³/mol. The fraction of sp³-hybridized carbons (Fsp3) is 1.00. The number of likely N-dealkylation sites (N-methyl/N-ethyl adjacent to an activating group) is 1. The molecule has 0 aromatic rings. The van der Waals surface area contributed by atoms with Crippen molar-refractivity contribution in [3.8, 4) is 0 Å². The summed E-state index contributed by atoms with van der Waals surface area (Å²) < 4.78 is 0. The molecule has 0 radical (unpaired) electrons. The van der Waals surface area contributed by atoms with Crippen molar-refractivity contribution in [1.29, 1.82) is 0 Å². The van der Waals surface area contributed by atoms with Crippen LogP contribution in [-0.2, 0) is 0 Å². The van der Waals surface area contributed by atoms with Gasteiger partial charge in [0.2, 0.25) is 0 Å². The van der Waals surface area contributed by atoms with E-state index in [1.54, 1.807) is 0 Å². The zero-order valence-electron chi connectivity index (χ0n) is 13.4. The van der Waals surface area contributed by atoms with Crippen molar-refractivity contribution >= 4 is 0 Å². The lowest BCUT2D eigenvalue weighted by atomic mass is 9.72. The van der Waals surface area contributed by atoms with Crippen molar-refractivity contribution < 1.29 is 0 Å². The molecular weight excluding hydrogens is 220 g/mol. The number of nitrogens with one attached hydrogen (secondary N) is 1. The van der Waals surface area contributed by atoms with Crippen LogP contribution < -0.4 is 5.32 Å². The van der Waals surface area contributed by atoms with Gasteiger partial charge in [0.1, 0.15) is 0 Å². The molecule has 0 saturated heterocycles. The van der Waals surface area contributed by atoms with Crippen LogP contribution in [0.2, 0.25) is 0 Å². The number of rotatable bonds is 6. The Kier molecular flexibility index (Phi) is 6.13. The Morgan fingerprint density at radius 2 is 2.00 bits per heavy atom. The molecule has 0 heterocycles. The molecule has 1 rings (SSSR count). The van der Waals surface area contributed by atoms with Gasteiger partial charge in [-0.15, -0.1) is 0 Å². The van der Waals surface area contributed by atoms with Crippen LogP contribution in [0.1, 0.15) is 66.7 Å². The van der Waals surface area contributed by atoms with Crippen molar-refractivity contribution in [2.75, 3.05) is 13.6 Å². The minimum absolute atomic E-state index is 0.511. The van der Waals surface area contributed by atoms with Gasteiger partial charge in [-0.25, -0.2) is 0 Å². The molecule has 108 valence electrons. The van der Waals surface area contributed by atoms with E-state index in [1.165, 1.54) is 32.1 Å². The molecule has 18 heavy (non-hydrogen) atoms. The molecule has 2 heteroatoms. The summed E-state index contributed by atoms with van der Waals surface area (Å²) in [7, 11) is 2.32. The zero-order valence-corrected chi connectivity index (χ0v) is 13.4. The third kappa shape index (κ3) is 4.24. The molecule has 3 unspecified atom stereocenters. The highest BCUT2D eigenvalue weighted by molar-refractivity contribution is 4.94. The third-order valence-electron chi connectivity index (χ3n) is 4.82. The summed E-state index contributed by atoms with van der Waals surface area (Å²) in [5.74, 6) is 0. The maximum atomic E-state index is 3.78. The first-order valence-corrected chi connectivity index (χ1v) is 7.86. The van der Waals surface area contributed by atoms with E-state index in [-0.39, 0.29) is 0 Å². The smallest absolute Gasteiger partial charge is 0.0254 e. The molecular formula is C16H34N2. The SMILES string of the molecule is CCCNC1CCC(C)(C)CC1N(C)C(C)CC. The monoisotopic (exact) mass is 254 g/mol. The van der Waals surface area contributed by atoms with E-state index >= 15 is 0 Å². The van der Waals surface area contributed by atoms with Gasteiger partial charge in [0, 0.05) is 18.1 Å². The van der Waals surface area contributed by atoms with E-state index in [1.807, 2.05) is 0 Å². The van der Waals surface area contributed by atoms with Gasteiger partial charge in [-0.3, -0.25) is 4.90 Å². The summed E-state index contributed by atoms with van der Waals surface area (Å²) in [6, 6.07) is 2.09. The molecule has 1 saturated carbocycles. The Labute approximate surface area is 115 Å². The van der Waals surface area contributed by atoms with Crippen molar-refractivity contribution in [3.63, 3.8) is 0 Å². The van der Waals surface area contributed by atoms with Gasteiger partial charge in [-0.1, -0.05) is 27.7 Å². The van der Waals surface area contributed by atoms with Crippen molar-refractivity contribution in [2.45, 2.75) is 84.8 Å². The van der Waals surface area contributed by atoms with Gasteiger partial charge in [-0.05, 0) is 58.0 Å². The highest BCUT2D eigenvalue weighted by Crippen LogP contribution is 2.37. The van der Waals surface area contributed by atoms with Crippen LogP contribution in [0.25, 0.3) is 0 Å². The molecule has 3 atom stereocenters. The molecule has 1 fully saturated rings. The Balaban J connectivity index is 2.70. The van der Waals surface area contributed by atoms with Crippen LogP contribution in [0.3, 0.4) is 0 Å². The number of hydrogen-bond acceptors (Lipinski definition) is 2. The quantitative estimate of drug-likeness (QED) is 0.778. The van der Waals surface area contributed by atoms with Crippen LogP contribution in [-0.4, -0.2) is 36.6 Å². The van der Waals surface area contributed by atoms with Gasteiger partial charge in [0.05, 0.1) is 0 Å². The lowest BCUT2D eigenvalue weighted by Gasteiger charge is -2.47. The second kappa shape index (κ2) is 6.91. The maximum Gasteiger partial charge on any atom is 0.0254 e. The van der Waals surface area contributed by atoms with Gasteiger partial charge in [-0.2, -0.15) is 0 Å². The molecule has 0 aromatic heterocycles. The number of hydrogen-bond donors (Lipinski definition) is 1. The van der Waals surface area contributed by atoms with Crippen LogP contribution in [0, 0.1) is 5.41 Å². The molecule has 1 aliphatic carbocycles. The summed E-state index contributed by atoms with van der Waals surface area (Å²) in [5, 5.41) is 3.78. The van der Waals surface area contributed by atoms with E-state index in [0.29, 0.717) is 23.5 Å². The highest BCUT2D eigenvalue weighted by atomic mass is 15.2. The topological polar surface area (TPSA) is 15.3 Å². The highest BCUT2D eigenvalue weighted by Gasteiger charge is 2.37. The minimum atomic E-state index is 0.511. The molecule has 0 spiro atoms. The summed E-state index contributed by atoms with van der Waals surface area (Å²) in [6.45, 7) is 12.9. The van der Waals surface area contributed by atoms with Crippen LogP contribution in [0.4, 0.5) is 0 Å². The van der Waals surface area contributed by atoms with E-state index in [0.717, 1.165) is 6.54 Å². The van der Waals surface area contributed by atoms with Gasteiger partial charge < -0.3 is 5.32 Å². The van der Waals surface area contributed by atoms with E-state index in [4.69, 9.17) is 0 Å². The molecule has 0 aliphatic heterocycles. The van der Waals surface area contributed by atoms with Crippen LogP contribution in [0.15, 0.2) is 0 Å². The molecule has 2 nitrogen and oxygen atoms in total. The normalized spacial score (nSPS) is 29.5. The fourth-order valence-corrected chi connectivity index (χ4v) is 3.16. The second-order valence-electron chi connectivity index (χ2n) is 6.96.